The number of aliphatic hydroxyl groups is 1. The molecule has 0 amide bonds. The predicted octanol–water partition coefficient (Wildman–Crippen LogP) is 0.0572. The molecule has 0 aromatic heterocycles. The molecule has 4 nitrogen and oxygen atoms in total. The molecule has 12 heavy (non-hydrogen) atoms. The van der Waals surface area contributed by atoms with Crippen LogP contribution in [-0.2, 0) is 14.3 Å². The molecule has 0 bridgehead atoms. The van der Waals surface area contributed by atoms with E-state index in [2.05, 4.69) is 4.74 Å². The van der Waals surface area contributed by atoms with Crippen LogP contribution in [0.1, 0.15) is 13.8 Å². The highest BCUT2D eigenvalue weighted by atomic mass is 16.5. The van der Waals surface area contributed by atoms with E-state index in [1.165, 1.54) is 0 Å². The molecule has 0 aliphatic heterocycles. The summed E-state index contributed by atoms with van der Waals surface area (Å²) in [5.74, 6) is -1.04. The first-order chi connectivity index (χ1) is 5.61. The minimum absolute atomic E-state index is 0.361. The molecule has 0 unspecified atom stereocenters. The standard InChI is InChI=1S/C8H12O4/c1-3-6(2)8(11)12-5-7(10)4-9/h3,9H,4-5H2,1-2H3. The van der Waals surface area contributed by atoms with Crippen molar-refractivity contribution >= 4 is 11.8 Å². The second-order valence-electron chi connectivity index (χ2n) is 2.24. The van der Waals surface area contributed by atoms with Gasteiger partial charge in [0.05, 0.1) is 0 Å². The van der Waals surface area contributed by atoms with Gasteiger partial charge in [0.15, 0.2) is 12.4 Å². The molecule has 0 saturated carbocycles. The van der Waals surface area contributed by atoms with Gasteiger partial charge in [-0.15, -0.1) is 0 Å². The van der Waals surface area contributed by atoms with E-state index in [4.69, 9.17) is 5.11 Å². The van der Waals surface area contributed by atoms with Gasteiger partial charge in [-0.05, 0) is 13.8 Å². The lowest BCUT2D eigenvalue weighted by atomic mass is 10.3. The first kappa shape index (κ1) is 10.8. The van der Waals surface area contributed by atoms with E-state index in [-0.39, 0.29) is 6.61 Å². The fraction of sp³-hybridized carbons (Fsp3) is 0.500. The summed E-state index contributed by atoms with van der Waals surface area (Å²) in [4.78, 5) is 21.4. The van der Waals surface area contributed by atoms with Gasteiger partial charge in [0.1, 0.15) is 6.61 Å². The van der Waals surface area contributed by atoms with E-state index in [0.29, 0.717) is 5.57 Å². The summed E-state index contributed by atoms with van der Waals surface area (Å²) >= 11 is 0. The third-order valence-electron chi connectivity index (χ3n) is 1.30. The van der Waals surface area contributed by atoms with Gasteiger partial charge in [0, 0.05) is 5.57 Å². The first-order valence-corrected chi connectivity index (χ1v) is 3.54. The molecule has 0 aromatic rings. The highest BCUT2D eigenvalue weighted by Gasteiger charge is 2.06. The van der Waals surface area contributed by atoms with Gasteiger partial charge >= 0.3 is 5.97 Å². The molecule has 0 spiro atoms. The van der Waals surface area contributed by atoms with E-state index in [0.717, 1.165) is 0 Å². The molecule has 68 valence electrons. The molecular weight excluding hydrogens is 160 g/mol. The lowest BCUT2D eigenvalue weighted by Crippen LogP contribution is -2.16. The average Bonchev–Trinajstić information content (AvgIpc) is 2.11. The van der Waals surface area contributed by atoms with Crippen molar-refractivity contribution in [2.75, 3.05) is 13.2 Å². The van der Waals surface area contributed by atoms with Crippen molar-refractivity contribution in [2.24, 2.45) is 0 Å². The molecule has 0 atom stereocenters. The van der Waals surface area contributed by atoms with Crippen molar-refractivity contribution in [3.05, 3.63) is 11.6 Å². The number of carbonyl (C=O) groups excluding carboxylic acids is 2. The van der Waals surface area contributed by atoms with Crippen molar-refractivity contribution in [1.29, 1.82) is 0 Å². The highest BCUT2D eigenvalue weighted by molar-refractivity contribution is 5.90. The number of esters is 1. The lowest BCUT2D eigenvalue weighted by Gasteiger charge is -2.01. The number of allylic oxidation sites excluding steroid dienone is 1. The summed E-state index contributed by atoms with van der Waals surface area (Å²) in [5.41, 5.74) is 0.445. The van der Waals surface area contributed by atoms with Crippen molar-refractivity contribution in [3.63, 3.8) is 0 Å². The second-order valence-corrected chi connectivity index (χ2v) is 2.24. The van der Waals surface area contributed by atoms with E-state index >= 15 is 0 Å². The van der Waals surface area contributed by atoms with Crippen molar-refractivity contribution < 1.29 is 19.4 Å². The van der Waals surface area contributed by atoms with Gasteiger partial charge in [0.2, 0.25) is 0 Å². The molecule has 1 N–H and O–H groups in total. The number of hydrogen-bond acceptors (Lipinski definition) is 4. The number of ether oxygens (including phenoxy) is 1. The molecule has 0 fully saturated rings. The first-order valence-electron chi connectivity index (χ1n) is 3.54. The normalized spacial score (nSPS) is 11.1. The van der Waals surface area contributed by atoms with Crippen LogP contribution in [0.4, 0.5) is 0 Å². The topological polar surface area (TPSA) is 63.6 Å². The van der Waals surface area contributed by atoms with Crippen LogP contribution in [0.3, 0.4) is 0 Å². The molecule has 0 heterocycles. The minimum atomic E-state index is -0.595. The smallest absolute Gasteiger partial charge is 0.333 e. The van der Waals surface area contributed by atoms with Crippen LogP contribution in [0.2, 0.25) is 0 Å². The molecule has 0 radical (unpaired) electrons. The summed E-state index contributed by atoms with van der Waals surface area (Å²) in [5, 5.41) is 8.29. The van der Waals surface area contributed by atoms with Crippen LogP contribution in [0.5, 0.6) is 0 Å². The zero-order valence-electron chi connectivity index (χ0n) is 7.16. The number of aliphatic hydroxyl groups excluding tert-OH is 1. The largest absolute Gasteiger partial charge is 0.454 e. The SMILES string of the molecule is CC=C(C)C(=O)OCC(=O)CO. The molecule has 0 rings (SSSR count). The number of ketones is 1. The van der Waals surface area contributed by atoms with Crippen molar-refractivity contribution in [1.82, 2.24) is 0 Å². The van der Waals surface area contributed by atoms with Crippen LogP contribution < -0.4 is 0 Å². The predicted molar refractivity (Wildman–Crippen MR) is 42.5 cm³/mol. The van der Waals surface area contributed by atoms with E-state index in [1.54, 1.807) is 19.9 Å². The summed E-state index contributed by atoms with van der Waals surface area (Å²) in [7, 11) is 0. The molecule has 0 aliphatic carbocycles. The Morgan fingerprint density at radius 2 is 2.08 bits per heavy atom. The van der Waals surface area contributed by atoms with Crippen LogP contribution >= 0.6 is 0 Å². The Balaban J connectivity index is 3.80. The quantitative estimate of drug-likeness (QED) is 0.481. The van der Waals surface area contributed by atoms with Crippen LogP contribution in [0.25, 0.3) is 0 Å². The Morgan fingerprint density at radius 3 is 2.50 bits per heavy atom. The Hall–Kier alpha value is -1.16. The third kappa shape index (κ3) is 3.88. The molecular formula is C8H12O4. The van der Waals surface area contributed by atoms with Crippen molar-refractivity contribution in [3.8, 4) is 0 Å². The molecule has 0 saturated heterocycles. The number of rotatable bonds is 4. The Kier molecular flexibility index (Phi) is 4.96. The molecule has 0 aromatic carbocycles. The summed E-state index contributed by atoms with van der Waals surface area (Å²) in [6.07, 6.45) is 1.59. The number of Topliss-reactive ketones (excluding diaryl/α,β-unsaturated/α-hetero) is 1. The summed E-state index contributed by atoms with van der Waals surface area (Å²) in [6.45, 7) is 2.33. The van der Waals surface area contributed by atoms with Gasteiger partial charge in [-0.1, -0.05) is 6.08 Å². The highest BCUT2D eigenvalue weighted by Crippen LogP contribution is 1.95. The monoisotopic (exact) mass is 172 g/mol. The van der Waals surface area contributed by atoms with E-state index in [9.17, 15) is 9.59 Å². The van der Waals surface area contributed by atoms with Gasteiger partial charge in [0.25, 0.3) is 0 Å². The zero-order chi connectivity index (χ0) is 9.56. The van der Waals surface area contributed by atoms with Crippen LogP contribution in [0.15, 0.2) is 11.6 Å². The Labute approximate surface area is 70.8 Å². The van der Waals surface area contributed by atoms with Gasteiger partial charge in [-0.2, -0.15) is 0 Å². The zero-order valence-corrected chi connectivity index (χ0v) is 7.16. The maximum atomic E-state index is 10.9. The molecule has 4 heteroatoms. The second kappa shape index (κ2) is 5.49. The van der Waals surface area contributed by atoms with E-state index in [1.807, 2.05) is 0 Å². The summed E-state index contributed by atoms with van der Waals surface area (Å²) < 4.78 is 4.53. The maximum absolute atomic E-state index is 10.9. The van der Waals surface area contributed by atoms with Gasteiger partial charge in [-0.3, -0.25) is 4.79 Å². The average molecular weight is 172 g/mol. The Bertz CT molecular complexity index is 205. The van der Waals surface area contributed by atoms with Crippen LogP contribution in [-0.4, -0.2) is 30.1 Å². The van der Waals surface area contributed by atoms with Crippen molar-refractivity contribution in [2.45, 2.75) is 13.8 Å². The van der Waals surface area contributed by atoms with E-state index < -0.39 is 18.4 Å². The summed E-state index contributed by atoms with van der Waals surface area (Å²) in [6, 6.07) is 0. The van der Waals surface area contributed by atoms with Crippen LogP contribution in [0, 0.1) is 0 Å². The minimum Gasteiger partial charge on any atom is -0.454 e. The van der Waals surface area contributed by atoms with Gasteiger partial charge < -0.3 is 9.84 Å². The van der Waals surface area contributed by atoms with Gasteiger partial charge in [-0.25, -0.2) is 4.79 Å². The lowest BCUT2D eigenvalue weighted by molar-refractivity contribution is -0.144. The number of hydrogen-bond donors (Lipinski definition) is 1. The molecule has 0 aliphatic rings. The third-order valence-corrected chi connectivity index (χ3v) is 1.30. The fourth-order valence-corrected chi connectivity index (χ4v) is 0.423. The number of carbonyl (C=O) groups is 2. The fourth-order valence-electron chi connectivity index (χ4n) is 0.423. The maximum Gasteiger partial charge on any atom is 0.333 e. The Morgan fingerprint density at radius 1 is 1.50 bits per heavy atom.